The Balaban J connectivity index is 0. The summed E-state index contributed by atoms with van der Waals surface area (Å²) >= 11 is 0. The fourth-order valence-corrected chi connectivity index (χ4v) is 1.32. The van der Waals surface area contributed by atoms with Crippen LogP contribution in [0.5, 0.6) is 0 Å². The second-order valence-electron chi connectivity index (χ2n) is 4.21. The highest BCUT2D eigenvalue weighted by atomic mass is 35.5. The number of halogens is 1. The summed E-state index contributed by atoms with van der Waals surface area (Å²) in [5.41, 5.74) is 5.52. The van der Waals surface area contributed by atoms with Gasteiger partial charge in [0.1, 0.15) is 6.54 Å². The highest BCUT2D eigenvalue weighted by Crippen LogP contribution is 2.01. The van der Waals surface area contributed by atoms with Crippen molar-refractivity contribution in [1.29, 1.82) is 0 Å². The molecule has 0 heterocycles. The van der Waals surface area contributed by atoms with Crippen LogP contribution in [0.25, 0.3) is 0 Å². The smallest absolute Gasteiger partial charge is 0.325 e. The number of hydrogen-bond acceptors (Lipinski definition) is 4. The zero-order valence-electron chi connectivity index (χ0n) is 10.9. The Morgan fingerprint density at radius 3 is 2.18 bits per heavy atom. The molecule has 0 saturated heterocycles. The molecular formula is C11H23ClN2O3. The number of esters is 1. The molecule has 5 nitrogen and oxygen atoms in total. The number of amides is 1. The quantitative estimate of drug-likeness (QED) is 0.722. The molecule has 0 aromatic heterocycles. The van der Waals surface area contributed by atoms with Gasteiger partial charge in [0.15, 0.2) is 0 Å². The molecule has 1 atom stereocenters. The van der Waals surface area contributed by atoms with E-state index in [1.165, 1.54) is 4.90 Å². The van der Waals surface area contributed by atoms with E-state index in [-0.39, 0.29) is 30.8 Å². The van der Waals surface area contributed by atoms with E-state index in [9.17, 15) is 9.59 Å². The van der Waals surface area contributed by atoms with Crippen molar-refractivity contribution >= 4 is 24.3 Å². The summed E-state index contributed by atoms with van der Waals surface area (Å²) in [5.74, 6) is -0.323. The summed E-state index contributed by atoms with van der Waals surface area (Å²) in [7, 11) is 0. The minimum Gasteiger partial charge on any atom is -0.465 e. The van der Waals surface area contributed by atoms with Gasteiger partial charge in [-0.2, -0.15) is 0 Å². The van der Waals surface area contributed by atoms with Crippen molar-refractivity contribution in [2.45, 2.75) is 33.7 Å². The summed E-state index contributed by atoms with van der Waals surface area (Å²) < 4.78 is 4.81. The van der Waals surface area contributed by atoms with Crippen LogP contribution in [0.4, 0.5) is 0 Å². The first-order valence-electron chi connectivity index (χ1n) is 5.58. The van der Waals surface area contributed by atoms with E-state index < -0.39 is 12.0 Å². The molecule has 0 spiro atoms. The molecule has 102 valence electrons. The fourth-order valence-electron chi connectivity index (χ4n) is 1.32. The van der Waals surface area contributed by atoms with Crippen molar-refractivity contribution in [3.8, 4) is 0 Å². The third kappa shape index (κ3) is 7.99. The molecule has 0 aliphatic heterocycles. The molecule has 6 heteroatoms. The second-order valence-corrected chi connectivity index (χ2v) is 4.21. The predicted octanol–water partition coefficient (Wildman–Crippen LogP) is 0.803. The molecule has 0 radical (unpaired) electrons. The number of carbonyl (C=O) groups excluding carboxylic acids is 2. The first-order chi connectivity index (χ1) is 7.38. The summed E-state index contributed by atoms with van der Waals surface area (Å²) in [6, 6.07) is -0.590. The van der Waals surface area contributed by atoms with Crippen molar-refractivity contribution < 1.29 is 14.3 Å². The number of rotatable bonds is 6. The normalized spacial score (nSPS) is 11.6. The van der Waals surface area contributed by atoms with Crippen LogP contribution in [0.3, 0.4) is 0 Å². The van der Waals surface area contributed by atoms with Gasteiger partial charge in [-0.3, -0.25) is 9.59 Å². The Kier molecular flexibility index (Phi) is 10.1. The highest BCUT2D eigenvalue weighted by molar-refractivity contribution is 5.85. The van der Waals surface area contributed by atoms with E-state index in [0.29, 0.717) is 13.2 Å². The average molecular weight is 267 g/mol. The Morgan fingerprint density at radius 1 is 1.29 bits per heavy atom. The van der Waals surface area contributed by atoms with Gasteiger partial charge in [-0.05, 0) is 19.8 Å². The van der Waals surface area contributed by atoms with Gasteiger partial charge in [0.2, 0.25) is 5.91 Å². The maximum absolute atomic E-state index is 11.7. The third-order valence-corrected chi connectivity index (χ3v) is 1.91. The van der Waals surface area contributed by atoms with Crippen molar-refractivity contribution in [3.63, 3.8) is 0 Å². The van der Waals surface area contributed by atoms with Gasteiger partial charge in [0.25, 0.3) is 0 Å². The predicted molar refractivity (Wildman–Crippen MR) is 68.9 cm³/mol. The molecule has 0 saturated carbocycles. The van der Waals surface area contributed by atoms with Crippen LogP contribution in [0, 0.1) is 5.92 Å². The number of nitrogens with zero attached hydrogens (tertiary/aromatic N) is 1. The lowest BCUT2D eigenvalue weighted by Crippen LogP contribution is -2.46. The van der Waals surface area contributed by atoms with Gasteiger partial charge < -0.3 is 15.4 Å². The lowest BCUT2D eigenvalue weighted by molar-refractivity contribution is -0.149. The molecule has 0 aromatic rings. The SMILES string of the molecule is CCOC(=O)CN(CC(C)C)C(=O)C(C)N.Cl. The minimum absolute atomic E-state index is 0. The van der Waals surface area contributed by atoms with E-state index >= 15 is 0 Å². The standard InChI is InChI=1S/C11H22N2O3.ClH/c1-5-16-10(14)7-13(6-8(2)3)11(15)9(4)12;/h8-9H,5-7,12H2,1-4H3;1H. The molecule has 0 rings (SSSR count). The number of nitrogens with two attached hydrogens (primary N) is 1. The van der Waals surface area contributed by atoms with Crippen LogP contribution in [0.15, 0.2) is 0 Å². The van der Waals surface area contributed by atoms with Crippen molar-refractivity contribution in [2.24, 2.45) is 11.7 Å². The van der Waals surface area contributed by atoms with Crippen LogP contribution < -0.4 is 5.73 Å². The van der Waals surface area contributed by atoms with Crippen LogP contribution in [0.2, 0.25) is 0 Å². The van der Waals surface area contributed by atoms with Gasteiger partial charge in [-0.15, -0.1) is 12.4 Å². The van der Waals surface area contributed by atoms with Crippen molar-refractivity contribution in [1.82, 2.24) is 4.90 Å². The monoisotopic (exact) mass is 266 g/mol. The molecule has 1 unspecified atom stereocenters. The molecule has 17 heavy (non-hydrogen) atoms. The van der Waals surface area contributed by atoms with E-state index in [2.05, 4.69) is 0 Å². The summed E-state index contributed by atoms with van der Waals surface area (Å²) in [6.45, 7) is 8.12. The van der Waals surface area contributed by atoms with E-state index in [1.807, 2.05) is 13.8 Å². The largest absolute Gasteiger partial charge is 0.465 e. The fraction of sp³-hybridized carbons (Fsp3) is 0.818. The van der Waals surface area contributed by atoms with Gasteiger partial charge in [0.05, 0.1) is 12.6 Å². The minimum atomic E-state index is -0.590. The number of ether oxygens (including phenoxy) is 1. The average Bonchev–Trinajstić information content (AvgIpc) is 2.15. The lowest BCUT2D eigenvalue weighted by Gasteiger charge is -2.25. The van der Waals surface area contributed by atoms with Crippen LogP contribution in [-0.2, 0) is 14.3 Å². The Labute approximate surface area is 109 Å². The summed E-state index contributed by atoms with van der Waals surface area (Å²) in [5, 5.41) is 0. The zero-order chi connectivity index (χ0) is 12.7. The van der Waals surface area contributed by atoms with Crippen molar-refractivity contribution in [3.05, 3.63) is 0 Å². The molecule has 1 amide bonds. The van der Waals surface area contributed by atoms with Gasteiger partial charge in [-0.1, -0.05) is 13.8 Å². The maximum Gasteiger partial charge on any atom is 0.325 e. The van der Waals surface area contributed by atoms with Crippen molar-refractivity contribution in [2.75, 3.05) is 19.7 Å². The lowest BCUT2D eigenvalue weighted by atomic mass is 10.2. The molecule has 0 fully saturated rings. The first kappa shape index (κ1) is 18.6. The topological polar surface area (TPSA) is 72.6 Å². The zero-order valence-corrected chi connectivity index (χ0v) is 11.8. The second kappa shape index (κ2) is 9.24. The van der Waals surface area contributed by atoms with Crippen LogP contribution >= 0.6 is 12.4 Å². The van der Waals surface area contributed by atoms with Crippen LogP contribution in [-0.4, -0.2) is 42.5 Å². The third-order valence-electron chi connectivity index (χ3n) is 1.91. The van der Waals surface area contributed by atoms with Crippen LogP contribution in [0.1, 0.15) is 27.7 Å². The highest BCUT2D eigenvalue weighted by Gasteiger charge is 2.21. The number of hydrogen-bond donors (Lipinski definition) is 1. The summed E-state index contributed by atoms with van der Waals surface area (Å²) in [4.78, 5) is 24.5. The van der Waals surface area contributed by atoms with E-state index in [4.69, 9.17) is 10.5 Å². The molecular weight excluding hydrogens is 244 g/mol. The molecule has 0 aliphatic carbocycles. The Hall–Kier alpha value is -0.810. The number of carbonyl (C=O) groups is 2. The first-order valence-corrected chi connectivity index (χ1v) is 5.58. The molecule has 0 aromatic carbocycles. The molecule has 2 N–H and O–H groups in total. The van der Waals surface area contributed by atoms with E-state index in [1.54, 1.807) is 13.8 Å². The summed E-state index contributed by atoms with van der Waals surface area (Å²) in [6.07, 6.45) is 0. The van der Waals surface area contributed by atoms with Gasteiger partial charge in [0, 0.05) is 6.54 Å². The Morgan fingerprint density at radius 2 is 1.82 bits per heavy atom. The molecule has 0 aliphatic rings. The van der Waals surface area contributed by atoms with Gasteiger partial charge in [-0.25, -0.2) is 0 Å². The maximum atomic E-state index is 11.7. The van der Waals surface area contributed by atoms with E-state index in [0.717, 1.165) is 0 Å². The Bertz CT molecular complexity index is 245. The van der Waals surface area contributed by atoms with Gasteiger partial charge >= 0.3 is 5.97 Å². The molecule has 0 bridgehead atoms.